The van der Waals surface area contributed by atoms with Gasteiger partial charge in [0.25, 0.3) is 5.89 Å². The Hall–Kier alpha value is -2.28. The van der Waals surface area contributed by atoms with Crippen molar-refractivity contribution in [3.8, 4) is 27.9 Å². The van der Waals surface area contributed by atoms with Crippen LogP contribution >= 0.6 is 11.3 Å². The first-order chi connectivity index (χ1) is 8.74. The SMILES string of the molecule is Oc1ccc(-c2nc(-c3cncs3)no2)c(F)c1. The first kappa shape index (κ1) is 10.8. The predicted molar refractivity (Wildman–Crippen MR) is 62.5 cm³/mol. The highest BCUT2D eigenvalue weighted by Crippen LogP contribution is 2.27. The molecule has 7 heteroatoms. The van der Waals surface area contributed by atoms with E-state index >= 15 is 0 Å². The molecule has 18 heavy (non-hydrogen) atoms. The van der Waals surface area contributed by atoms with Gasteiger partial charge in [0.05, 0.1) is 16.0 Å². The maximum absolute atomic E-state index is 13.6. The fourth-order valence-electron chi connectivity index (χ4n) is 1.44. The van der Waals surface area contributed by atoms with E-state index in [1.54, 1.807) is 11.7 Å². The molecule has 0 atom stereocenters. The highest BCUT2D eigenvalue weighted by molar-refractivity contribution is 7.13. The molecule has 0 aliphatic rings. The third-order valence-electron chi connectivity index (χ3n) is 2.26. The van der Waals surface area contributed by atoms with E-state index in [1.165, 1.54) is 23.5 Å². The summed E-state index contributed by atoms with van der Waals surface area (Å²) in [5, 5.41) is 12.9. The van der Waals surface area contributed by atoms with Gasteiger partial charge in [0.1, 0.15) is 11.6 Å². The number of aromatic nitrogens is 3. The van der Waals surface area contributed by atoms with Crippen LogP contribution in [0.3, 0.4) is 0 Å². The fraction of sp³-hybridized carbons (Fsp3) is 0. The Bertz CT molecular complexity index is 681. The number of hydrogen-bond acceptors (Lipinski definition) is 6. The van der Waals surface area contributed by atoms with Crippen LogP contribution in [-0.4, -0.2) is 20.2 Å². The average Bonchev–Trinajstić information content (AvgIpc) is 2.99. The van der Waals surface area contributed by atoms with Crippen molar-refractivity contribution in [2.24, 2.45) is 0 Å². The van der Waals surface area contributed by atoms with Gasteiger partial charge in [-0.15, -0.1) is 11.3 Å². The second-order valence-electron chi connectivity index (χ2n) is 3.45. The lowest BCUT2D eigenvalue weighted by Crippen LogP contribution is -1.84. The summed E-state index contributed by atoms with van der Waals surface area (Å²) in [5.41, 5.74) is 1.79. The van der Waals surface area contributed by atoms with Crippen molar-refractivity contribution < 1.29 is 14.0 Å². The highest BCUT2D eigenvalue weighted by atomic mass is 32.1. The van der Waals surface area contributed by atoms with Crippen molar-refractivity contribution in [2.75, 3.05) is 0 Å². The van der Waals surface area contributed by atoms with Gasteiger partial charge in [-0.3, -0.25) is 4.98 Å². The summed E-state index contributed by atoms with van der Waals surface area (Å²) >= 11 is 1.36. The first-order valence-corrected chi connectivity index (χ1v) is 5.83. The van der Waals surface area contributed by atoms with Crippen molar-refractivity contribution >= 4 is 11.3 Å². The second kappa shape index (κ2) is 4.19. The van der Waals surface area contributed by atoms with Crippen molar-refractivity contribution in [1.82, 2.24) is 15.1 Å². The lowest BCUT2D eigenvalue weighted by atomic mass is 10.2. The summed E-state index contributed by atoms with van der Waals surface area (Å²) in [6.07, 6.45) is 1.60. The Morgan fingerprint density at radius 3 is 2.94 bits per heavy atom. The molecule has 90 valence electrons. The molecule has 0 aliphatic heterocycles. The number of phenols is 1. The maximum atomic E-state index is 13.6. The normalized spacial score (nSPS) is 10.7. The van der Waals surface area contributed by atoms with Crippen LogP contribution in [0, 0.1) is 5.82 Å². The number of hydrogen-bond donors (Lipinski definition) is 1. The number of thiazole rings is 1. The molecule has 2 heterocycles. The van der Waals surface area contributed by atoms with Gasteiger partial charge in [0.2, 0.25) is 5.82 Å². The lowest BCUT2D eigenvalue weighted by molar-refractivity contribution is 0.429. The van der Waals surface area contributed by atoms with E-state index in [0.29, 0.717) is 5.82 Å². The largest absolute Gasteiger partial charge is 0.508 e. The van der Waals surface area contributed by atoms with Crippen molar-refractivity contribution in [3.05, 3.63) is 35.7 Å². The van der Waals surface area contributed by atoms with Crippen LogP contribution in [0.4, 0.5) is 4.39 Å². The molecule has 0 fully saturated rings. The zero-order valence-corrected chi connectivity index (χ0v) is 9.69. The summed E-state index contributed by atoms with van der Waals surface area (Å²) in [6, 6.07) is 3.73. The monoisotopic (exact) mass is 263 g/mol. The summed E-state index contributed by atoms with van der Waals surface area (Å²) < 4.78 is 18.6. The molecule has 0 amide bonds. The van der Waals surface area contributed by atoms with Crippen LogP contribution in [-0.2, 0) is 0 Å². The second-order valence-corrected chi connectivity index (χ2v) is 4.34. The predicted octanol–water partition coefficient (Wildman–Crippen LogP) is 2.70. The van der Waals surface area contributed by atoms with E-state index in [9.17, 15) is 4.39 Å². The molecule has 0 unspecified atom stereocenters. The van der Waals surface area contributed by atoms with Crippen LogP contribution < -0.4 is 0 Å². The Morgan fingerprint density at radius 2 is 2.22 bits per heavy atom. The highest BCUT2D eigenvalue weighted by Gasteiger charge is 2.15. The Kier molecular flexibility index (Phi) is 2.52. The maximum Gasteiger partial charge on any atom is 0.261 e. The quantitative estimate of drug-likeness (QED) is 0.769. The van der Waals surface area contributed by atoms with Gasteiger partial charge in [-0.2, -0.15) is 4.98 Å². The Labute approximate surface area is 105 Å². The average molecular weight is 263 g/mol. The van der Waals surface area contributed by atoms with Gasteiger partial charge in [-0.25, -0.2) is 4.39 Å². The minimum Gasteiger partial charge on any atom is -0.508 e. The van der Waals surface area contributed by atoms with E-state index in [0.717, 1.165) is 10.9 Å². The van der Waals surface area contributed by atoms with Gasteiger partial charge in [-0.1, -0.05) is 5.16 Å². The molecular weight excluding hydrogens is 257 g/mol. The smallest absolute Gasteiger partial charge is 0.261 e. The van der Waals surface area contributed by atoms with Gasteiger partial charge in [0.15, 0.2) is 0 Å². The fourth-order valence-corrected chi connectivity index (χ4v) is 1.98. The van der Waals surface area contributed by atoms with Crippen molar-refractivity contribution in [1.29, 1.82) is 0 Å². The molecule has 0 saturated carbocycles. The van der Waals surface area contributed by atoms with Crippen molar-refractivity contribution in [3.63, 3.8) is 0 Å². The molecule has 3 rings (SSSR count). The molecule has 1 N–H and O–H groups in total. The summed E-state index contributed by atoms with van der Waals surface area (Å²) in [7, 11) is 0. The van der Waals surface area contributed by atoms with Crippen LogP contribution in [0.1, 0.15) is 0 Å². The molecular formula is C11H6FN3O2S. The van der Waals surface area contributed by atoms with Gasteiger partial charge >= 0.3 is 0 Å². The van der Waals surface area contributed by atoms with Gasteiger partial charge in [0, 0.05) is 12.3 Å². The van der Waals surface area contributed by atoms with Crippen LogP contribution in [0.25, 0.3) is 22.2 Å². The molecule has 3 aromatic rings. The molecule has 0 aliphatic carbocycles. The molecule has 0 radical (unpaired) electrons. The van der Waals surface area contributed by atoms with Crippen LogP contribution in [0.2, 0.25) is 0 Å². The van der Waals surface area contributed by atoms with E-state index in [4.69, 9.17) is 9.63 Å². The van der Waals surface area contributed by atoms with E-state index in [2.05, 4.69) is 15.1 Å². The van der Waals surface area contributed by atoms with E-state index in [1.807, 2.05) is 0 Å². The number of benzene rings is 1. The third-order valence-corrected chi connectivity index (χ3v) is 3.03. The summed E-state index contributed by atoms with van der Waals surface area (Å²) in [6.45, 7) is 0. The molecule has 2 aromatic heterocycles. The third kappa shape index (κ3) is 1.84. The minimum absolute atomic E-state index is 0.0656. The zero-order valence-electron chi connectivity index (χ0n) is 8.87. The summed E-state index contributed by atoms with van der Waals surface area (Å²) in [5.74, 6) is -0.344. The number of halogens is 1. The Balaban J connectivity index is 2.03. The van der Waals surface area contributed by atoms with E-state index in [-0.39, 0.29) is 17.2 Å². The molecule has 1 aromatic carbocycles. The molecule has 0 bridgehead atoms. The topological polar surface area (TPSA) is 72.0 Å². The standard InChI is InChI=1S/C11H6FN3O2S/c12-8-3-6(16)1-2-7(8)11-14-10(15-17-11)9-4-13-5-18-9/h1-5,16H. The van der Waals surface area contributed by atoms with Gasteiger partial charge < -0.3 is 9.63 Å². The molecule has 0 saturated heterocycles. The first-order valence-electron chi connectivity index (χ1n) is 4.95. The van der Waals surface area contributed by atoms with Crippen molar-refractivity contribution in [2.45, 2.75) is 0 Å². The molecule has 5 nitrogen and oxygen atoms in total. The number of nitrogens with zero attached hydrogens (tertiary/aromatic N) is 3. The summed E-state index contributed by atoms with van der Waals surface area (Å²) in [4.78, 5) is 8.72. The van der Waals surface area contributed by atoms with Crippen LogP contribution in [0.15, 0.2) is 34.4 Å². The van der Waals surface area contributed by atoms with Crippen LogP contribution in [0.5, 0.6) is 5.75 Å². The molecule has 0 spiro atoms. The number of phenolic OH excluding ortho intramolecular Hbond substituents is 1. The zero-order chi connectivity index (χ0) is 12.5. The number of aromatic hydroxyl groups is 1. The Morgan fingerprint density at radius 1 is 1.33 bits per heavy atom. The minimum atomic E-state index is -0.616. The van der Waals surface area contributed by atoms with E-state index < -0.39 is 5.82 Å². The lowest BCUT2D eigenvalue weighted by Gasteiger charge is -1.97. The number of rotatable bonds is 2. The van der Waals surface area contributed by atoms with Gasteiger partial charge in [-0.05, 0) is 12.1 Å².